The minimum absolute atomic E-state index is 0.202. The van der Waals surface area contributed by atoms with Gasteiger partial charge in [-0.2, -0.15) is 10.1 Å². The van der Waals surface area contributed by atoms with Crippen LogP contribution in [0.1, 0.15) is 0 Å². The lowest BCUT2D eigenvalue weighted by Gasteiger charge is -2.26. The summed E-state index contributed by atoms with van der Waals surface area (Å²) in [6.45, 7) is 2.86. The van der Waals surface area contributed by atoms with E-state index in [1.54, 1.807) is 30.5 Å². The highest BCUT2D eigenvalue weighted by Gasteiger charge is 2.14. The van der Waals surface area contributed by atoms with Crippen molar-refractivity contribution < 1.29 is 13.9 Å². The number of aromatic amines is 1. The van der Waals surface area contributed by atoms with Gasteiger partial charge in [0.15, 0.2) is 17.4 Å². The Hall–Kier alpha value is -3.20. The van der Waals surface area contributed by atoms with Crippen LogP contribution in [0, 0.1) is 5.82 Å². The number of rotatable bonds is 5. The molecule has 3 heterocycles. The summed E-state index contributed by atoms with van der Waals surface area (Å²) >= 11 is 0. The van der Waals surface area contributed by atoms with Crippen molar-refractivity contribution in [2.75, 3.05) is 43.6 Å². The zero-order valence-corrected chi connectivity index (χ0v) is 14.8. The second-order valence-electron chi connectivity index (χ2n) is 5.98. The Morgan fingerprint density at radius 1 is 1.19 bits per heavy atom. The zero-order valence-electron chi connectivity index (χ0n) is 14.8. The van der Waals surface area contributed by atoms with E-state index in [0.29, 0.717) is 42.1 Å². The standard InChI is InChI=1S/C18H19FN6O2/c1-26-15-3-2-12(10-13(15)19)14-11-17(24-23-14)21-16-4-5-20-18(22-16)25-6-8-27-9-7-25/h2-5,10-11H,6-9H2,1H3,(H2,20,21,22,23,24). The van der Waals surface area contributed by atoms with Gasteiger partial charge in [0.2, 0.25) is 5.95 Å². The predicted octanol–water partition coefficient (Wildman–Crippen LogP) is 2.59. The van der Waals surface area contributed by atoms with Crippen molar-refractivity contribution in [3.63, 3.8) is 0 Å². The van der Waals surface area contributed by atoms with Gasteiger partial charge in [-0.15, -0.1) is 0 Å². The van der Waals surface area contributed by atoms with Crippen molar-refractivity contribution >= 4 is 17.6 Å². The molecule has 0 unspecified atom stereocenters. The summed E-state index contributed by atoms with van der Waals surface area (Å²) in [5.41, 5.74) is 1.35. The van der Waals surface area contributed by atoms with Gasteiger partial charge < -0.3 is 19.7 Å². The number of aromatic nitrogens is 4. The molecular weight excluding hydrogens is 351 g/mol. The van der Waals surface area contributed by atoms with Crippen molar-refractivity contribution in [2.24, 2.45) is 0 Å². The van der Waals surface area contributed by atoms with Gasteiger partial charge in [-0.3, -0.25) is 5.10 Å². The fraction of sp³-hybridized carbons (Fsp3) is 0.278. The van der Waals surface area contributed by atoms with E-state index in [2.05, 4.69) is 30.4 Å². The molecule has 0 radical (unpaired) electrons. The minimum Gasteiger partial charge on any atom is -0.494 e. The number of halogens is 1. The molecule has 8 nitrogen and oxygen atoms in total. The van der Waals surface area contributed by atoms with Gasteiger partial charge in [0.1, 0.15) is 5.82 Å². The lowest BCUT2D eigenvalue weighted by Crippen LogP contribution is -2.37. The molecule has 0 aliphatic carbocycles. The smallest absolute Gasteiger partial charge is 0.227 e. The van der Waals surface area contributed by atoms with Crippen molar-refractivity contribution in [3.05, 3.63) is 42.3 Å². The van der Waals surface area contributed by atoms with E-state index in [1.165, 1.54) is 13.2 Å². The number of hydrogen-bond donors (Lipinski definition) is 2. The Kier molecular flexibility index (Phi) is 4.84. The third kappa shape index (κ3) is 3.82. The number of H-pyrrole nitrogens is 1. The Morgan fingerprint density at radius 3 is 2.81 bits per heavy atom. The highest BCUT2D eigenvalue weighted by molar-refractivity contribution is 5.66. The first-order valence-electron chi connectivity index (χ1n) is 8.55. The second-order valence-corrected chi connectivity index (χ2v) is 5.98. The van der Waals surface area contributed by atoms with E-state index in [1.807, 2.05) is 0 Å². The van der Waals surface area contributed by atoms with Gasteiger partial charge in [0.05, 0.1) is 26.0 Å². The predicted molar refractivity (Wildman–Crippen MR) is 98.9 cm³/mol. The lowest BCUT2D eigenvalue weighted by atomic mass is 10.1. The molecule has 2 N–H and O–H groups in total. The molecule has 0 spiro atoms. The van der Waals surface area contributed by atoms with E-state index < -0.39 is 5.82 Å². The fourth-order valence-electron chi connectivity index (χ4n) is 2.83. The molecule has 1 aromatic carbocycles. The van der Waals surface area contributed by atoms with Gasteiger partial charge in [0, 0.05) is 30.9 Å². The van der Waals surface area contributed by atoms with Gasteiger partial charge in [-0.05, 0) is 24.3 Å². The number of morpholine rings is 1. The SMILES string of the molecule is COc1ccc(-c2cc(Nc3ccnc(N4CCOCC4)n3)n[nH]2)cc1F. The molecule has 2 aromatic heterocycles. The zero-order chi connectivity index (χ0) is 18.6. The Balaban J connectivity index is 1.50. The minimum atomic E-state index is -0.426. The van der Waals surface area contributed by atoms with E-state index >= 15 is 0 Å². The molecule has 1 saturated heterocycles. The number of methoxy groups -OCH3 is 1. The Morgan fingerprint density at radius 2 is 2.04 bits per heavy atom. The first-order valence-corrected chi connectivity index (χ1v) is 8.55. The molecule has 9 heteroatoms. The number of ether oxygens (including phenoxy) is 2. The topological polar surface area (TPSA) is 88.2 Å². The summed E-state index contributed by atoms with van der Waals surface area (Å²) < 4.78 is 24.2. The number of benzene rings is 1. The quantitative estimate of drug-likeness (QED) is 0.714. The van der Waals surface area contributed by atoms with Crippen LogP contribution >= 0.6 is 0 Å². The second kappa shape index (κ2) is 7.58. The van der Waals surface area contributed by atoms with Crippen LogP contribution in [0.2, 0.25) is 0 Å². The third-order valence-electron chi connectivity index (χ3n) is 4.23. The molecule has 140 valence electrons. The monoisotopic (exact) mass is 370 g/mol. The highest BCUT2D eigenvalue weighted by atomic mass is 19.1. The molecular formula is C18H19FN6O2. The van der Waals surface area contributed by atoms with Crippen molar-refractivity contribution in [2.45, 2.75) is 0 Å². The van der Waals surface area contributed by atoms with Gasteiger partial charge in [-0.25, -0.2) is 9.37 Å². The van der Waals surface area contributed by atoms with Crippen LogP contribution in [-0.2, 0) is 4.74 Å². The van der Waals surface area contributed by atoms with Crippen LogP contribution in [0.25, 0.3) is 11.3 Å². The van der Waals surface area contributed by atoms with Crippen LogP contribution in [-0.4, -0.2) is 53.6 Å². The molecule has 1 aliphatic heterocycles. The van der Waals surface area contributed by atoms with Crippen LogP contribution in [0.15, 0.2) is 36.5 Å². The van der Waals surface area contributed by atoms with Crippen LogP contribution in [0.4, 0.5) is 22.0 Å². The van der Waals surface area contributed by atoms with E-state index in [4.69, 9.17) is 9.47 Å². The molecule has 4 rings (SSSR count). The molecule has 3 aromatic rings. The molecule has 0 bridgehead atoms. The van der Waals surface area contributed by atoms with Gasteiger partial charge >= 0.3 is 0 Å². The average molecular weight is 370 g/mol. The van der Waals surface area contributed by atoms with Gasteiger partial charge in [-0.1, -0.05) is 0 Å². The Labute approximate surface area is 155 Å². The highest BCUT2D eigenvalue weighted by Crippen LogP contribution is 2.26. The normalized spacial score (nSPS) is 14.2. The summed E-state index contributed by atoms with van der Waals surface area (Å²) in [6.07, 6.45) is 1.70. The average Bonchev–Trinajstić information content (AvgIpc) is 3.17. The van der Waals surface area contributed by atoms with E-state index in [9.17, 15) is 4.39 Å². The first kappa shape index (κ1) is 17.2. The molecule has 27 heavy (non-hydrogen) atoms. The van der Waals surface area contributed by atoms with Gasteiger partial charge in [0.25, 0.3) is 0 Å². The van der Waals surface area contributed by atoms with Crippen LogP contribution < -0.4 is 15.0 Å². The number of hydrogen-bond acceptors (Lipinski definition) is 7. The molecule has 0 amide bonds. The number of nitrogens with zero attached hydrogens (tertiary/aromatic N) is 4. The third-order valence-corrected chi connectivity index (χ3v) is 4.23. The summed E-state index contributed by atoms with van der Waals surface area (Å²) in [5.74, 6) is 1.63. The van der Waals surface area contributed by atoms with E-state index in [-0.39, 0.29) is 5.75 Å². The lowest BCUT2D eigenvalue weighted by molar-refractivity contribution is 0.122. The van der Waals surface area contributed by atoms with E-state index in [0.717, 1.165) is 13.1 Å². The molecule has 0 saturated carbocycles. The summed E-state index contributed by atoms with van der Waals surface area (Å²) in [5, 5.41) is 10.3. The van der Waals surface area contributed by atoms with Crippen LogP contribution in [0.3, 0.4) is 0 Å². The van der Waals surface area contributed by atoms with Crippen molar-refractivity contribution in [1.82, 2.24) is 20.2 Å². The number of nitrogens with one attached hydrogen (secondary N) is 2. The summed E-state index contributed by atoms with van der Waals surface area (Å²) in [7, 11) is 1.43. The van der Waals surface area contributed by atoms with Crippen LogP contribution in [0.5, 0.6) is 5.75 Å². The summed E-state index contributed by atoms with van der Waals surface area (Å²) in [4.78, 5) is 10.9. The fourth-order valence-corrected chi connectivity index (χ4v) is 2.83. The summed E-state index contributed by atoms with van der Waals surface area (Å²) in [6, 6.07) is 8.30. The van der Waals surface area contributed by atoms with Crippen molar-refractivity contribution in [3.8, 4) is 17.0 Å². The van der Waals surface area contributed by atoms with Crippen molar-refractivity contribution in [1.29, 1.82) is 0 Å². The number of anilines is 3. The maximum atomic E-state index is 13.9. The maximum Gasteiger partial charge on any atom is 0.227 e. The Bertz CT molecular complexity index is 926. The molecule has 1 aliphatic rings. The molecule has 0 atom stereocenters. The largest absolute Gasteiger partial charge is 0.494 e. The maximum absolute atomic E-state index is 13.9. The molecule has 1 fully saturated rings. The first-order chi connectivity index (χ1) is 13.2.